The number of aromatic nitrogens is 2. The lowest BCUT2D eigenvalue weighted by Gasteiger charge is -2.10. The molecule has 4 N–H and O–H groups in total. The summed E-state index contributed by atoms with van der Waals surface area (Å²) in [5.74, 6) is -1.82. The molecule has 0 spiro atoms. The summed E-state index contributed by atoms with van der Waals surface area (Å²) in [7, 11) is 0. The van der Waals surface area contributed by atoms with Gasteiger partial charge in [0.2, 0.25) is 5.91 Å². The Kier molecular flexibility index (Phi) is 3.51. The number of carbonyl (C=O) groups excluding carboxylic acids is 2. The monoisotopic (exact) mass is 276 g/mol. The van der Waals surface area contributed by atoms with Gasteiger partial charge in [0, 0.05) is 22.5 Å². The first-order valence-electron chi connectivity index (χ1n) is 5.81. The van der Waals surface area contributed by atoms with Gasteiger partial charge in [0.15, 0.2) is 0 Å². The summed E-state index contributed by atoms with van der Waals surface area (Å²) in [6.45, 7) is 3.19. The Labute approximate surface area is 114 Å². The molecule has 7 heteroatoms. The highest BCUT2D eigenvalue weighted by molar-refractivity contribution is 6.06. The Balaban J connectivity index is 2.36. The molecule has 0 bridgehead atoms. The van der Waals surface area contributed by atoms with Crippen LogP contribution in [0.15, 0.2) is 18.3 Å². The van der Waals surface area contributed by atoms with Crippen LogP contribution in [0.4, 0.5) is 10.1 Å². The average Bonchev–Trinajstić information content (AvgIpc) is 2.80. The molecule has 0 fully saturated rings. The highest BCUT2D eigenvalue weighted by atomic mass is 19.1. The third-order valence-electron chi connectivity index (χ3n) is 2.95. The zero-order valence-electron chi connectivity index (χ0n) is 11.0. The van der Waals surface area contributed by atoms with Crippen LogP contribution in [0.1, 0.15) is 32.0 Å². The van der Waals surface area contributed by atoms with Crippen molar-refractivity contribution in [2.45, 2.75) is 13.8 Å². The molecule has 1 aromatic carbocycles. The number of amides is 2. The van der Waals surface area contributed by atoms with E-state index in [9.17, 15) is 14.0 Å². The lowest BCUT2D eigenvalue weighted by molar-refractivity contribution is 0.0995. The van der Waals surface area contributed by atoms with E-state index in [-0.39, 0.29) is 16.8 Å². The van der Waals surface area contributed by atoms with Gasteiger partial charge in [-0.25, -0.2) is 4.39 Å². The number of H-pyrrole nitrogens is 1. The van der Waals surface area contributed by atoms with Crippen molar-refractivity contribution in [1.29, 1.82) is 0 Å². The SMILES string of the molecule is Cc1[nH]ncc1C(=O)Nc1cc(C(N)=O)cc(F)c1C. The molecular weight excluding hydrogens is 263 g/mol. The summed E-state index contributed by atoms with van der Waals surface area (Å²) in [5.41, 5.74) is 6.47. The molecule has 0 radical (unpaired) electrons. The average molecular weight is 276 g/mol. The third-order valence-corrected chi connectivity index (χ3v) is 2.95. The number of aromatic amines is 1. The lowest BCUT2D eigenvalue weighted by Crippen LogP contribution is -2.16. The smallest absolute Gasteiger partial charge is 0.259 e. The van der Waals surface area contributed by atoms with E-state index >= 15 is 0 Å². The van der Waals surface area contributed by atoms with E-state index in [1.165, 1.54) is 19.2 Å². The normalized spacial score (nSPS) is 10.3. The molecule has 6 nitrogen and oxygen atoms in total. The largest absolute Gasteiger partial charge is 0.366 e. The van der Waals surface area contributed by atoms with Crippen LogP contribution in [0.5, 0.6) is 0 Å². The predicted molar refractivity (Wildman–Crippen MR) is 70.9 cm³/mol. The number of halogens is 1. The van der Waals surface area contributed by atoms with Gasteiger partial charge < -0.3 is 11.1 Å². The highest BCUT2D eigenvalue weighted by Crippen LogP contribution is 2.21. The molecule has 104 valence electrons. The summed E-state index contributed by atoms with van der Waals surface area (Å²) in [6, 6.07) is 2.38. The van der Waals surface area contributed by atoms with Gasteiger partial charge in [-0.15, -0.1) is 0 Å². The van der Waals surface area contributed by atoms with E-state index in [0.717, 1.165) is 6.07 Å². The standard InChI is InChI=1S/C13H13FN4O2/c1-6-10(14)3-8(12(15)19)4-11(6)17-13(20)9-5-16-18-7(9)2/h3-5H,1-2H3,(H2,15,19)(H,16,18)(H,17,20). The Morgan fingerprint density at radius 3 is 2.60 bits per heavy atom. The van der Waals surface area contributed by atoms with Crippen molar-refractivity contribution >= 4 is 17.5 Å². The quantitative estimate of drug-likeness (QED) is 0.792. The molecule has 1 heterocycles. The highest BCUT2D eigenvalue weighted by Gasteiger charge is 2.15. The fraction of sp³-hybridized carbons (Fsp3) is 0.154. The van der Waals surface area contributed by atoms with Crippen molar-refractivity contribution in [3.05, 3.63) is 46.5 Å². The number of aryl methyl sites for hydroxylation is 1. The predicted octanol–water partition coefficient (Wildman–Crippen LogP) is 1.52. The van der Waals surface area contributed by atoms with Crippen LogP contribution in [0.2, 0.25) is 0 Å². The maximum atomic E-state index is 13.7. The lowest BCUT2D eigenvalue weighted by atomic mass is 10.1. The molecule has 0 aliphatic rings. The van der Waals surface area contributed by atoms with Crippen molar-refractivity contribution in [3.63, 3.8) is 0 Å². The fourth-order valence-corrected chi connectivity index (χ4v) is 1.72. The van der Waals surface area contributed by atoms with Crippen LogP contribution in [-0.2, 0) is 0 Å². The Hall–Kier alpha value is -2.70. The van der Waals surface area contributed by atoms with E-state index < -0.39 is 17.6 Å². The molecule has 0 saturated carbocycles. The number of nitrogens with zero attached hydrogens (tertiary/aromatic N) is 1. The minimum Gasteiger partial charge on any atom is -0.366 e. The van der Waals surface area contributed by atoms with Crippen LogP contribution in [-0.4, -0.2) is 22.0 Å². The van der Waals surface area contributed by atoms with Gasteiger partial charge in [0.05, 0.1) is 11.8 Å². The van der Waals surface area contributed by atoms with E-state index in [4.69, 9.17) is 5.73 Å². The zero-order chi connectivity index (χ0) is 14.9. The van der Waals surface area contributed by atoms with Gasteiger partial charge in [0.1, 0.15) is 5.82 Å². The van der Waals surface area contributed by atoms with E-state index in [1.54, 1.807) is 6.92 Å². The van der Waals surface area contributed by atoms with E-state index in [1.807, 2.05) is 0 Å². The summed E-state index contributed by atoms with van der Waals surface area (Å²) in [5, 5.41) is 8.91. The molecule has 0 aliphatic carbocycles. The number of primary amides is 1. The van der Waals surface area contributed by atoms with Gasteiger partial charge in [0.25, 0.3) is 5.91 Å². The van der Waals surface area contributed by atoms with Crippen molar-refractivity contribution in [2.24, 2.45) is 5.73 Å². The van der Waals surface area contributed by atoms with Crippen LogP contribution in [0.3, 0.4) is 0 Å². The summed E-state index contributed by atoms with van der Waals surface area (Å²) < 4.78 is 13.7. The first-order chi connectivity index (χ1) is 9.40. The molecule has 0 aliphatic heterocycles. The van der Waals surface area contributed by atoms with Crippen molar-refractivity contribution in [2.75, 3.05) is 5.32 Å². The van der Waals surface area contributed by atoms with Gasteiger partial charge in [-0.05, 0) is 26.0 Å². The number of anilines is 1. The van der Waals surface area contributed by atoms with Crippen LogP contribution in [0, 0.1) is 19.7 Å². The summed E-state index contributed by atoms with van der Waals surface area (Å²) in [6.07, 6.45) is 1.37. The van der Waals surface area contributed by atoms with E-state index in [2.05, 4.69) is 15.5 Å². The molecule has 2 amide bonds. The summed E-state index contributed by atoms with van der Waals surface area (Å²) in [4.78, 5) is 23.1. The van der Waals surface area contributed by atoms with Crippen LogP contribution in [0.25, 0.3) is 0 Å². The number of nitrogens with one attached hydrogen (secondary N) is 2. The molecular formula is C13H13FN4O2. The summed E-state index contributed by atoms with van der Waals surface area (Å²) >= 11 is 0. The Morgan fingerprint density at radius 1 is 1.35 bits per heavy atom. The van der Waals surface area contributed by atoms with Gasteiger partial charge in [-0.1, -0.05) is 0 Å². The first kappa shape index (κ1) is 13.7. The number of carbonyl (C=O) groups is 2. The van der Waals surface area contributed by atoms with Crippen molar-refractivity contribution in [1.82, 2.24) is 10.2 Å². The van der Waals surface area contributed by atoms with Crippen LogP contribution < -0.4 is 11.1 Å². The Morgan fingerprint density at radius 2 is 2.05 bits per heavy atom. The van der Waals surface area contributed by atoms with Gasteiger partial charge in [-0.3, -0.25) is 14.7 Å². The minimum absolute atomic E-state index is 0.00712. The topological polar surface area (TPSA) is 101 Å². The van der Waals surface area contributed by atoms with E-state index in [0.29, 0.717) is 11.3 Å². The molecule has 0 atom stereocenters. The molecule has 0 unspecified atom stereocenters. The second-order valence-electron chi connectivity index (χ2n) is 4.36. The minimum atomic E-state index is -0.765. The zero-order valence-corrected chi connectivity index (χ0v) is 11.0. The maximum Gasteiger partial charge on any atom is 0.259 e. The maximum absolute atomic E-state index is 13.7. The molecule has 20 heavy (non-hydrogen) atoms. The van der Waals surface area contributed by atoms with Crippen molar-refractivity contribution < 1.29 is 14.0 Å². The molecule has 2 aromatic rings. The second kappa shape index (κ2) is 5.12. The number of nitrogens with two attached hydrogens (primary N) is 1. The van der Waals surface area contributed by atoms with Crippen LogP contribution >= 0.6 is 0 Å². The number of benzene rings is 1. The molecule has 0 saturated heterocycles. The van der Waals surface area contributed by atoms with Gasteiger partial charge >= 0.3 is 0 Å². The molecule has 2 rings (SSSR count). The number of hydrogen-bond donors (Lipinski definition) is 3. The first-order valence-corrected chi connectivity index (χ1v) is 5.81. The Bertz CT molecular complexity index is 694. The number of rotatable bonds is 3. The third kappa shape index (κ3) is 2.51. The number of hydrogen-bond acceptors (Lipinski definition) is 3. The fourth-order valence-electron chi connectivity index (χ4n) is 1.72. The molecule has 1 aromatic heterocycles. The van der Waals surface area contributed by atoms with Crippen molar-refractivity contribution in [3.8, 4) is 0 Å². The van der Waals surface area contributed by atoms with Gasteiger partial charge in [-0.2, -0.15) is 5.10 Å². The second-order valence-corrected chi connectivity index (χ2v) is 4.36.